The van der Waals surface area contributed by atoms with Crippen LogP contribution in [0.2, 0.25) is 0 Å². The molecule has 1 aliphatic rings. The fourth-order valence-electron chi connectivity index (χ4n) is 4.06. The Morgan fingerprint density at radius 1 is 1.06 bits per heavy atom. The number of ether oxygens (including phenoxy) is 2. The molecule has 0 radical (unpaired) electrons. The SMILES string of the molecule is OC[C@H]1O[C@@H](n2cnc3c(NC[C@@H](O)COc4cccc5ccccc45)ncnc32)[C@H](O)[C@@H]1O. The van der Waals surface area contributed by atoms with Crippen molar-refractivity contribution in [3.05, 3.63) is 55.1 Å². The normalized spacial score (nSPS) is 23.4. The van der Waals surface area contributed by atoms with Crippen molar-refractivity contribution < 1.29 is 29.9 Å². The van der Waals surface area contributed by atoms with Crippen molar-refractivity contribution in [3.8, 4) is 5.75 Å². The predicted octanol–water partition coefficient (Wildman–Crippen LogP) is 0.443. The van der Waals surface area contributed by atoms with Crippen LogP contribution in [-0.2, 0) is 4.74 Å². The van der Waals surface area contributed by atoms with E-state index in [1.807, 2.05) is 42.5 Å². The molecule has 4 aromatic rings. The summed E-state index contributed by atoms with van der Waals surface area (Å²) in [5.74, 6) is 1.08. The summed E-state index contributed by atoms with van der Waals surface area (Å²) in [5.41, 5.74) is 0.774. The maximum Gasteiger partial charge on any atom is 0.167 e. The van der Waals surface area contributed by atoms with Gasteiger partial charge in [-0.1, -0.05) is 36.4 Å². The Morgan fingerprint density at radius 2 is 1.88 bits per heavy atom. The van der Waals surface area contributed by atoms with E-state index in [1.54, 1.807) is 0 Å². The van der Waals surface area contributed by atoms with Gasteiger partial charge >= 0.3 is 0 Å². The third kappa shape index (κ3) is 4.15. The van der Waals surface area contributed by atoms with Crippen LogP contribution >= 0.6 is 0 Å². The number of hydrogen-bond donors (Lipinski definition) is 5. The Bertz CT molecular complexity index is 1280. The molecule has 1 aliphatic heterocycles. The zero-order chi connectivity index (χ0) is 23.7. The van der Waals surface area contributed by atoms with Gasteiger partial charge in [-0.3, -0.25) is 4.57 Å². The molecule has 11 nitrogen and oxygen atoms in total. The van der Waals surface area contributed by atoms with Crippen LogP contribution in [0, 0.1) is 0 Å². The zero-order valence-electron chi connectivity index (χ0n) is 18.1. The van der Waals surface area contributed by atoms with Crippen molar-refractivity contribution in [2.24, 2.45) is 0 Å². The van der Waals surface area contributed by atoms with Gasteiger partial charge in [0.25, 0.3) is 0 Å². The highest BCUT2D eigenvalue weighted by Gasteiger charge is 2.44. The molecule has 5 N–H and O–H groups in total. The Morgan fingerprint density at radius 3 is 2.71 bits per heavy atom. The number of benzene rings is 2. The van der Waals surface area contributed by atoms with Gasteiger partial charge in [0, 0.05) is 11.9 Å². The minimum Gasteiger partial charge on any atom is -0.490 e. The van der Waals surface area contributed by atoms with Gasteiger partial charge in [-0.25, -0.2) is 15.0 Å². The van der Waals surface area contributed by atoms with Crippen molar-refractivity contribution >= 4 is 27.8 Å². The van der Waals surface area contributed by atoms with Gasteiger partial charge in [0.2, 0.25) is 0 Å². The van der Waals surface area contributed by atoms with Crippen LogP contribution in [0.5, 0.6) is 5.75 Å². The zero-order valence-corrected chi connectivity index (χ0v) is 18.1. The Balaban J connectivity index is 1.26. The molecule has 0 unspecified atom stereocenters. The third-order valence-electron chi connectivity index (χ3n) is 5.84. The van der Waals surface area contributed by atoms with Crippen LogP contribution in [-0.4, -0.2) is 84.1 Å². The van der Waals surface area contributed by atoms with Crippen LogP contribution in [0.4, 0.5) is 5.82 Å². The van der Waals surface area contributed by atoms with Crippen LogP contribution < -0.4 is 10.1 Å². The number of nitrogens with one attached hydrogen (secondary N) is 1. The second-order valence-corrected chi connectivity index (χ2v) is 8.10. The molecule has 0 spiro atoms. The van der Waals surface area contributed by atoms with Crippen LogP contribution in [0.1, 0.15) is 6.23 Å². The monoisotopic (exact) mass is 467 g/mol. The number of nitrogens with zero attached hydrogens (tertiary/aromatic N) is 4. The molecular formula is C23H25N5O6. The number of aromatic nitrogens is 4. The van der Waals surface area contributed by atoms with Gasteiger partial charge in [-0.15, -0.1) is 0 Å². The molecule has 34 heavy (non-hydrogen) atoms. The lowest BCUT2D eigenvalue weighted by molar-refractivity contribution is -0.0511. The number of rotatable bonds is 8. The van der Waals surface area contributed by atoms with E-state index in [2.05, 4.69) is 20.3 Å². The second kappa shape index (κ2) is 9.49. The van der Waals surface area contributed by atoms with Crippen molar-refractivity contribution in [3.63, 3.8) is 0 Å². The first kappa shape index (κ1) is 22.4. The fraction of sp³-hybridized carbons (Fsp3) is 0.348. The van der Waals surface area contributed by atoms with Crippen molar-refractivity contribution in [2.45, 2.75) is 30.6 Å². The van der Waals surface area contributed by atoms with E-state index < -0.39 is 37.3 Å². The topological polar surface area (TPSA) is 155 Å². The summed E-state index contributed by atoms with van der Waals surface area (Å²) in [7, 11) is 0. The van der Waals surface area contributed by atoms with Gasteiger partial charge in [0.1, 0.15) is 43.1 Å². The molecule has 2 aromatic heterocycles. The fourth-order valence-corrected chi connectivity index (χ4v) is 4.06. The number of hydrogen-bond acceptors (Lipinski definition) is 10. The molecule has 178 valence electrons. The van der Waals surface area contributed by atoms with Crippen LogP contribution in [0.15, 0.2) is 55.1 Å². The molecule has 0 amide bonds. The highest BCUT2D eigenvalue weighted by molar-refractivity contribution is 5.88. The first-order chi connectivity index (χ1) is 16.6. The number of anilines is 1. The molecule has 1 saturated heterocycles. The average molecular weight is 467 g/mol. The van der Waals surface area contributed by atoms with Crippen LogP contribution in [0.25, 0.3) is 21.9 Å². The number of imidazole rings is 1. The van der Waals surface area contributed by atoms with Crippen molar-refractivity contribution in [2.75, 3.05) is 25.1 Å². The van der Waals surface area contributed by atoms with Crippen molar-refractivity contribution in [1.29, 1.82) is 0 Å². The predicted molar refractivity (Wildman–Crippen MR) is 122 cm³/mol. The number of aliphatic hydroxyl groups excluding tert-OH is 4. The molecule has 11 heteroatoms. The summed E-state index contributed by atoms with van der Waals surface area (Å²) in [5, 5.41) is 45.2. The lowest BCUT2D eigenvalue weighted by atomic mass is 10.1. The van der Waals surface area contributed by atoms with E-state index in [1.165, 1.54) is 17.2 Å². The lowest BCUT2D eigenvalue weighted by Gasteiger charge is -2.17. The van der Waals surface area contributed by atoms with Crippen LogP contribution in [0.3, 0.4) is 0 Å². The quantitative estimate of drug-likeness (QED) is 0.247. The highest BCUT2D eigenvalue weighted by Crippen LogP contribution is 2.32. The molecule has 1 fully saturated rings. The smallest absolute Gasteiger partial charge is 0.167 e. The van der Waals surface area contributed by atoms with Gasteiger partial charge in [0.15, 0.2) is 23.2 Å². The van der Waals surface area contributed by atoms with E-state index in [9.17, 15) is 20.4 Å². The summed E-state index contributed by atoms with van der Waals surface area (Å²) in [4.78, 5) is 12.7. The summed E-state index contributed by atoms with van der Waals surface area (Å²) >= 11 is 0. The highest BCUT2D eigenvalue weighted by atomic mass is 16.6. The third-order valence-corrected chi connectivity index (χ3v) is 5.84. The molecule has 0 aliphatic carbocycles. The van der Waals surface area contributed by atoms with Crippen molar-refractivity contribution in [1.82, 2.24) is 19.5 Å². The Hall–Kier alpha value is -3.35. The minimum atomic E-state index is -1.26. The average Bonchev–Trinajstić information content (AvgIpc) is 3.42. The van der Waals surface area contributed by atoms with E-state index in [-0.39, 0.29) is 13.2 Å². The number of aliphatic hydroxyl groups is 4. The Labute approximate surface area is 194 Å². The van der Waals surface area contributed by atoms with E-state index >= 15 is 0 Å². The maximum absolute atomic E-state index is 10.5. The molecule has 5 rings (SSSR count). The minimum absolute atomic E-state index is 0.0756. The maximum atomic E-state index is 10.5. The van der Waals surface area contributed by atoms with Gasteiger partial charge in [0.05, 0.1) is 12.9 Å². The molecule has 0 bridgehead atoms. The summed E-state index contributed by atoms with van der Waals surface area (Å²) in [6.07, 6.45) is -2.44. The molecule has 0 saturated carbocycles. The van der Waals surface area contributed by atoms with E-state index in [0.29, 0.717) is 22.7 Å². The molecular weight excluding hydrogens is 442 g/mol. The summed E-state index contributed by atoms with van der Waals surface area (Å²) < 4.78 is 12.9. The van der Waals surface area contributed by atoms with Gasteiger partial charge in [-0.05, 0) is 11.5 Å². The number of fused-ring (bicyclic) bond motifs is 2. The first-order valence-electron chi connectivity index (χ1n) is 10.9. The lowest BCUT2D eigenvalue weighted by Crippen LogP contribution is -2.33. The van der Waals surface area contributed by atoms with Gasteiger partial charge in [-0.2, -0.15) is 0 Å². The van der Waals surface area contributed by atoms with Gasteiger partial charge < -0.3 is 35.2 Å². The molecule has 5 atom stereocenters. The largest absolute Gasteiger partial charge is 0.490 e. The van der Waals surface area contributed by atoms with E-state index in [4.69, 9.17) is 9.47 Å². The summed E-state index contributed by atoms with van der Waals surface area (Å²) in [6, 6.07) is 13.6. The Kier molecular flexibility index (Phi) is 6.26. The standard InChI is InChI=1S/C23H25N5O6/c29-9-17-19(31)20(32)23(34-17)28-12-27-18-21(25-11-26-22(18)28)24-8-14(30)10-33-16-7-3-5-13-4-1-2-6-15(13)16/h1-7,11-12,14,17,19-20,23,29-32H,8-10H2,(H,24,25,26)/t14-,17-,19-,20-,23-/m1/s1. The molecule has 2 aromatic carbocycles. The molecule has 3 heterocycles. The summed E-state index contributed by atoms with van der Waals surface area (Å²) in [6.45, 7) is -0.203. The second-order valence-electron chi connectivity index (χ2n) is 8.10. The van der Waals surface area contributed by atoms with E-state index in [0.717, 1.165) is 10.8 Å². The first-order valence-corrected chi connectivity index (χ1v) is 10.9.